The maximum atomic E-state index is 11.6. The van der Waals surface area contributed by atoms with Crippen molar-refractivity contribution in [2.75, 3.05) is 7.05 Å². The smallest absolute Gasteiger partial charge is 0.270 e. The van der Waals surface area contributed by atoms with E-state index in [9.17, 15) is 20.0 Å². The van der Waals surface area contributed by atoms with Crippen LogP contribution in [0.15, 0.2) is 30.3 Å². The predicted molar refractivity (Wildman–Crippen MR) is 65.7 cm³/mol. The van der Waals surface area contributed by atoms with Gasteiger partial charge in [0, 0.05) is 30.1 Å². The van der Waals surface area contributed by atoms with Crippen molar-refractivity contribution < 1.29 is 14.8 Å². The molecule has 6 heteroatoms. The van der Waals surface area contributed by atoms with Crippen LogP contribution in [0.4, 0.5) is 5.69 Å². The number of benzene rings is 2. The average molecular weight is 246 g/mol. The molecule has 2 aromatic carbocycles. The van der Waals surface area contributed by atoms with E-state index in [0.717, 1.165) is 0 Å². The van der Waals surface area contributed by atoms with E-state index in [4.69, 9.17) is 0 Å². The molecule has 6 nitrogen and oxygen atoms in total. The fraction of sp³-hybridized carbons (Fsp3) is 0.0833. The van der Waals surface area contributed by atoms with E-state index in [1.807, 2.05) is 0 Å². The highest BCUT2D eigenvalue weighted by Crippen LogP contribution is 2.30. The van der Waals surface area contributed by atoms with E-state index in [1.54, 1.807) is 0 Å². The predicted octanol–water partition coefficient (Wildman–Crippen LogP) is 1.81. The molecular weight excluding hydrogens is 236 g/mol. The molecule has 0 saturated carbocycles. The summed E-state index contributed by atoms with van der Waals surface area (Å²) < 4.78 is 0. The van der Waals surface area contributed by atoms with E-state index in [1.165, 1.54) is 37.4 Å². The number of amides is 1. The first kappa shape index (κ1) is 11.8. The maximum absolute atomic E-state index is 11.6. The molecule has 0 fully saturated rings. The highest BCUT2D eigenvalue weighted by atomic mass is 16.6. The maximum Gasteiger partial charge on any atom is 0.270 e. The molecule has 0 spiro atoms. The van der Waals surface area contributed by atoms with Crippen molar-refractivity contribution in [3.8, 4) is 5.75 Å². The first-order chi connectivity index (χ1) is 8.54. The van der Waals surface area contributed by atoms with Gasteiger partial charge in [0.15, 0.2) is 0 Å². The minimum atomic E-state index is -0.550. The van der Waals surface area contributed by atoms with Crippen molar-refractivity contribution in [2.45, 2.75) is 0 Å². The van der Waals surface area contributed by atoms with Crippen LogP contribution < -0.4 is 5.32 Å². The van der Waals surface area contributed by atoms with Crippen LogP contribution in [0.3, 0.4) is 0 Å². The van der Waals surface area contributed by atoms with Gasteiger partial charge in [-0.05, 0) is 23.6 Å². The van der Waals surface area contributed by atoms with Crippen LogP contribution in [0.1, 0.15) is 10.4 Å². The third-order valence-electron chi connectivity index (χ3n) is 2.66. The third kappa shape index (κ3) is 1.84. The first-order valence-corrected chi connectivity index (χ1v) is 5.17. The van der Waals surface area contributed by atoms with Crippen LogP contribution in [0.2, 0.25) is 0 Å². The molecule has 0 bridgehead atoms. The van der Waals surface area contributed by atoms with Gasteiger partial charge in [0.05, 0.1) is 4.92 Å². The summed E-state index contributed by atoms with van der Waals surface area (Å²) in [5.74, 6) is -0.407. The molecule has 0 aromatic heterocycles. The van der Waals surface area contributed by atoms with Gasteiger partial charge in [0.2, 0.25) is 0 Å². The summed E-state index contributed by atoms with van der Waals surface area (Å²) in [6.45, 7) is 0. The number of hydrogen-bond donors (Lipinski definition) is 2. The fourth-order valence-electron chi connectivity index (χ4n) is 1.77. The molecule has 18 heavy (non-hydrogen) atoms. The van der Waals surface area contributed by atoms with Gasteiger partial charge in [-0.2, -0.15) is 0 Å². The van der Waals surface area contributed by atoms with E-state index in [2.05, 4.69) is 5.32 Å². The van der Waals surface area contributed by atoms with Crippen molar-refractivity contribution in [3.63, 3.8) is 0 Å². The van der Waals surface area contributed by atoms with Gasteiger partial charge in [-0.25, -0.2) is 0 Å². The van der Waals surface area contributed by atoms with Crippen molar-refractivity contribution >= 4 is 22.4 Å². The third-order valence-corrected chi connectivity index (χ3v) is 2.66. The number of hydrogen-bond acceptors (Lipinski definition) is 4. The Labute approximate surface area is 102 Å². The second kappa shape index (κ2) is 4.33. The first-order valence-electron chi connectivity index (χ1n) is 5.17. The number of nitrogens with zero attached hydrogens (tertiary/aromatic N) is 1. The second-order valence-corrected chi connectivity index (χ2v) is 3.70. The molecule has 1 amide bonds. The summed E-state index contributed by atoms with van der Waals surface area (Å²) in [6, 6.07) is 6.82. The number of phenolic OH excluding ortho intramolecular Hbond substituents is 1. The standard InChI is InChI=1S/C12H10N2O4/c1-13-12(16)9-4-5-11(15)10-6-7(14(17)18)2-3-8(9)10/h2-6,15H,1H3,(H,13,16). The summed E-state index contributed by atoms with van der Waals surface area (Å²) in [5.41, 5.74) is 0.229. The zero-order valence-electron chi connectivity index (χ0n) is 9.51. The quantitative estimate of drug-likeness (QED) is 0.624. The van der Waals surface area contributed by atoms with Gasteiger partial charge in [0.1, 0.15) is 5.75 Å². The minimum absolute atomic E-state index is 0.0960. The average Bonchev–Trinajstić information content (AvgIpc) is 2.38. The van der Waals surface area contributed by atoms with Gasteiger partial charge < -0.3 is 10.4 Å². The number of rotatable bonds is 2. The van der Waals surface area contributed by atoms with Crippen molar-refractivity contribution in [2.24, 2.45) is 0 Å². The van der Waals surface area contributed by atoms with Gasteiger partial charge in [-0.1, -0.05) is 0 Å². The van der Waals surface area contributed by atoms with Gasteiger partial charge in [-0.3, -0.25) is 14.9 Å². The molecule has 0 saturated heterocycles. The Hall–Kier alpha value is -2.63. The van der Waals surface area contributed by atoms with Crippen LogP contribution in [0.5, 0.6) is 5.75 Å². The number of aromatic hydroxyl groups is 1. The Kier molecular flexibility index (Phi) is 2.85. The summed E-state index contributed by atoms with van der Waals surface area (Å²) in [5, 5.41) is 23.6. The van der Waals surface area contributed by atoms with Crippen LogP contribution in [-0.4, -0.2) is 23.0 Å². The molecule has 2 aromatic rings. The fourth-order valence-corrected chi connectivity index (χ4v) is 1.77. The number of non-ortho nitro benzene ring substituents is 1. The normalized spacial score (nSPS) is 10.3. The van der Waals surface area contributed by atoms with Crippen LogP contribution in [0, 0.1) is 10.1 Å². The van der Waals surface area contributed by atoms with Crippen molar-refractivity contribution in [3.05, 3.63) is 46.0 Å². The summed E-state index contributed by atoms with van der Waals surface area (Å²) in [4.78, 5) is 21.8. The Balaban J connectivity index is 2.76. The van der Waals surface area contributed by atoms with Crippen LogP contribution in [-0.2, 0) is 0 Å². The zero-order valence-corrected chi connectivity index (χ0v) is 9.51. The Bertz CT molecular complexity index is 652. The molecule has 0 aliphatic rings. The SMILES string of the molecule is CNC(=O)c1ccc(O)c2cc([N+](=O)[O-])ccc12. The van der Waals surface area contributed by atoms with Crippen LogP contribution >= 0.6 is 0 Å². The van der Waals surface area contributed by atoms with Gasteiger partial charge in [0.25, 0.3) is 11.6 Å². The van der Waals surface area contributed by atoms with E-state index < -0.39 is 4.92 Å². The number of phenols is 1. The van der Waals surface area contributed by atoms with Crippen LogP contribution in [0.25, 0.3) is 10.8 Å². The van der Waals surface area contributed by atoms with E-state index >= 15 is 0 Å². The van der Waals surface area contributed by atoms with Crippen molar-refractivity contribution in [1.29, 1.82) is 0 Å². The molecule has 2 rings (SSSR count). The lowest BCUT2D eigenvalue weighted by Gasteiger charge is -2.06. The summed E-state index contributed by atoms with van der Waals surface area (Å²) in [7, 11) is 1.49. The lowest BCUT2D eigenvalue weighted by Crippen LogP contribution is -2.18. The van der Waals surface area contributed by atoms with E-state index in [0.29, 0.717) is 10.9 Å². The van der Waals surface area contributed by atoms with Crippen molar-refractivity contribution in [1.82, 2.24) is 5.32 Å². The zero-order chi connectivity index (χ0) is 13.3. The molecule has 0 aliphatic heterocycles. The molecule has 92 valence electrons. The molecule has 0 aliphatic carbocycles. The second-order valence-electron chi connectivity index (χ2n) is 3.70. The Morgan fingerprint density at radius 3 is 2.61 bits per heavy atom. The van der Waals surface area contributed by atoms with Gasteiger partial charge in [-0.15, -0.1) is 0 Å². The topological polar surface area (TPSA) is 92.5 Å². The molecule has 0 radical (unpaired) electrons. The molecule has 2 N–H and O–H groups in total. The lowest BCUT2D eigenvalue weighted by molar-refractivity contribution is -0.384. The number of carbonyl (C=O) groups excluding carboxylic acids is 1. The number of nitro benzene ring substituents is 1. The number of carbonyl (C=O) groups is 1. The van der Waals surface area contributed by atoms with Gasteiger partial charge >= 0.3 is 0 Å². The highest BCUT2D eigenvalue weighted by molar-refractivity contribution is 6.08. The Morgan fingerprint density at radius 1 is 1.28 bits per heavy atom. The molecular formula is C12H10N2O4. The lowest BCUT2D eigenvalue weighted by atomic mass is 10.0. The summed E-state index contributed by atoms with van der Waals surface area (Å²) >= 11 is 0. The highest BCUT2D eigenvalue weighted by Gasteiger charge is 2.14. The number of nitro groups is 1. The molecule has 0 atom stereocenters. The molecule has 0 unspecified atom stereocenters. The Morgan fingerprint density at radius 2 is 2.00 bits per heavy atom. The number of fused-ring (bicyclic) bond motifs is 1. The summed E-state index contributed by atoms with van der Waals surface area (Å²) in [6.07, 6.45) is 0. The van der Waals surface area contributed by atoms with E-state index in [-0.39, 0.29) is 22.7 Å². The monoisotopic (exact) mass is 246 g/mol. The number of nitrogens with one attached hydrogen (secondary N) is 1. The largest absolute Gasteiger partial charge is 0.507 e. The minimum Gasteiger partial charge on any atom is -0.507 e. The molecule has 0 heterocycles.